The summed E-state index contributed by atoms with van der Waals surface area (Å²) in [7, 11) is 0. The molecule has 4 nitrogen and oxygen atoms in total. The van der Waals surface area contributed by atoms with Gasteiger partial charge in [-0.05, 0) is 40.1 Å². The van der Waals surface area contributed by atoms with E-state index < -0.39 is 0 Å². The van der Waals surface area contributed by atoms with Crippen LogP contribution in [-0.4, -0.2) is 33.8 Å². The number of aromatic amines is 1. The molecule has 30 heavy (non-hydrogen) atoms. The molecule has 0 saturated carbocycles. The number of fused-ring (bicyclic) bond motifs is 4. The normalized spacial score (nSPS) is 15.6. The largest absolute Gasteiger partial charge is 0.507 e. The summed E-state index contributed by atoms with van der Waals surface area (Å²) in [4.78, 5) is 18.4. The number of H-pyrrole nitrogens is 1. The van der Waals surface area contributed by atoms with Crippen LogP contribution in [0.15, 0.2) is 54.6 Å². The number of anilines is 1. The summed E-state index contributed by atoms with van der Waals surface area (Å²) in [5, 5.41) is 15.0. The maximum Gasteiger partial charge on any atom is 0.274 e. The number of hydrogen-bond donors (Lipinski definition) is 2. The van der Waals surface area contributed by atoms with E-state index in [1.54, 1.807) is 16.3 Å². The molecular weight excluding hydrogens is 416 g/mol. The van der Waals surface area contributed by atoms with Gasteiger partial charge in [-0.25, -0.2) is 0 Å². The third-order valence-electron chi connectivity index (χ3n) is 5.81. The summed E-state index contributed by atoms with van der Waals surface area (Å²) in [6.07, 6.45) is 0.711. The van der Waals surface area contributed by atoms with E-state index in [0.717, 1.165) is 38.5 Å². The number of thiocarbonyl (C=S) groups is 1. The molecule has 2 heterocycles. The molecule has 3 aromatic carbocycles. The molecule has 1 aromatic heterocycles. The van der Waals surface area contributed by atoms with Crippen LogP contribution in [0.25, 0.3) is 21.7 Å². The summed E-state index contributed by atoms with van der Waals surface area (Å²) < 4.78 is 0. The summed E-state index contributed by atoms with van der Waals surface area (Å²) in [5.74, 6) is 0.443. The Morgan fingerprint density at radius 3 is 2.77 bits per heavy atom. The summed E-state index contributed by atoms with van der Waals surface area (Å²) in [5.41, 5.74) is 4.27. The van der Waals surface area contributed by atoms with Crippen molar-refractivity contribution in [2.75, 3.05) is 17.3 Å². The summed E-state index contributed by atoms with van der Waals surface area (Å²) >= 11 is 11.2. The lowest BCUT2D eigenvalue weighted by molar-refractivity contribution is 0.0984. The monoisotopic (exact) mass is 434 g/mol. The van der Waals surface area contributed by atoms with Crippen LogP contribution in [0.1, 0.15) is 27.5 Å². The Labute approximate surface area is 184 Å². The molecule has 0 saturated heterocycles. The van der Waals surface area contributed by atoms with Gasteiger partial charge in [0.15, 0.2) is 0 Å². The average Bonchev–Trinajstić information content (AvgIpc) is 3.35. The molecule has 1 amide bonds. The Kier molecular flexibility index (Phi) is 4.72. The fourth-order valence-electron chi connectivity index (χ4n) is 4.41. The summed E-state index contributed by atoms with van der Waals surface area (Å²) in [6.45, 7) is 0.483. The van der Waals surface area contributed by atoms with Crippen molar-refractivity contribution in [1.29, 1.82) is 0 Å². The maximum absolute atomic E-state index is 13.4. The molecule has 0 bridgehead atoms. The van der Waals surface area contributed by atoms with Crippen molar-refractivity contribution in [2.24, 2.45) is 0 Å². The van der Waals surface area contributed by atoms with Gasteiger partial charge in [0.05, 0.1) is 5.69 Å². The number of rotatable bonds is 4. The van der Waals surface area contributed by atoms with Gasteiger partial charge in [-0.2, -0.15) is 0 Å². The summed E-state index contributed by atoms with van der Waals surface area (Å²) in [6, 6.07) is 17.3. The number of halogens is 1. The predicted molar refractivity (Wildman–Crippen MR) is 126 cm³/mol. The van der Waals surface area contributed by atoms with E-state index in [2.05, 4.69) is 4.98 Å². The standard InChI is InChI=1S/C24H19ClN2O2S/c25-12-16-13-27(21-11-22(28)17-3-1-2-4-18(17)23(16)21)24(29)20-10-15-9-14(7-8-30)5-6-19(15)26-20/h1-6,8-11,16,26,28H,7,12-13H2/t16-/m1/s1. The van der Waals surface area contributed by atoms with Crippen molar-refractivity contribution in [3.05, 3.63) is 71.4 Å². The van der Waals surface area contributed by atoms with Crippen LogP contribution in [0, 0.1) is 0 Å². The Bertz CT molecular complexity index is 1310. The Morgan fingerprint density at radius 1 is 1.20 bits per heavy atom. The van der Waals surface area contributed by atoms with E-state index in [-0.39, 0.29) is 17.6 Å². The minimum Gasteiger partial charge on any atom is -0.507 e. The number of nitrogens with one attached hydrogen (secondary N) is 1. The molecule has 150 valence electrons. The minimum absolute atomic E-state index is 0.00897. The molecule has 0 fully saturated rings. The number of carbonyl (C=O) groups excluding carboxylic acids is 1. The molecule has 2 N–H and O–H groups in total. The molecule has 1 aliphatic rings. The number of hydrogen-bond acceptors (Lipinski definition) is 3. The number of nitrogens with zero attached hydrogens (tertiary/aromatic N) is 1. The smallest absolute Gasteiger partial charge is 0.274 e. The fourth-order valence-corrected chi connectivity index (χ4v) is 4.86. The van der Waals surface area contributed by atoms with Gasteiger partial charge in [-0.15, -0.1) is 11.6 Å². The highest BCUT2D eigenvalue weighted by atomic mass is 35.5. The number of aromatic hydroxyl groups is 1. The van der Waals surface area contributed by atoms with Gasteiger partial charge in [0.25, 0.3) is 5.91 Å². The van der Waals surface area contributed by atoms with Crippen LogP contribution < -0.4 is 4.90 Å². The van der Waals surface area contributed by atoms with E-state index in [9.17, 15) is 9.90 Å². The number of aromatic nitrogens is 1. The molecule has 0 spiro atoms. The first kappa shape index (κ1) is 19.1. The number of carbonyl (C=O) groups is 1. The molecule has 6 heteroatoms. The first-order valence-corrected chi connectivity index (χ1v) is 10.8. The molecule has 4 aromatic rings. The van der Waals surface area contributed by atoms with Crippen molar-refractivity contribution in [2.45, 2.75) is 12.3 Å². The van der Waals surface area contributed by atoms with Crippen molar-refractivity contribution in [1.82, 2.24) is 4.98 Å². The van der Waals surface area contributed by atoms with Gasteiger partial charge < -0.3 is 15.0 Å². The number of benzene rings is 3. The van der Waals surface area contributed by atoms with Crippen LogP contribution in [0.4, 0.5) is 5.69 Å². The average molecular weight is 435 g/mol. The highest BCUT2D eigenvalue weighted by Gasteiger charge is 2.35. The highest BCUT2D eigenvalue weighted by Crippen LogP contribution is 2.45. The van der Waals surface area contributed by atoms with Crippen LogP contribution in [0.5, 0.6) is 5.75 Å². The third kappa shape index (κ3) is 2.97. The predicted octanol–water partition coefficient (Wildman–Crippen LogP) is 5.55. The lowest BCUT2D eigenvalue weighted by Gasteiger charge is -2.17. The van der Waals surface area contributed by atoms with Gasteiger partial charge in [0.1, 0.15) is 11.4 Å². The van der Waals surface area contributed by atoms with Gasteiger partial charge in [0.2, 0.25) is 0 Å². The number of phenols is 1. The van der Waals surface area contributed by atoms with Crippen LogP contribution in [-0.2, 0) is 6.42 Å². The minimum atomic E-state index is -0.133. The van der Waals surface area contributed by atoms with Crippen molar-refractivity contribution >= 4 is 62.5 Å². The van der Waals surface area contributed by atoms with Crippen molar-refractivity contribution < 1.29 is 9.90 Å². The molecule has 0 unspecified atom stereocenters. The van der Waals surface area contributed by atoms with Crippen LogP contribution in [0.2, 0.25) is 0 Å². The second-order valence-electron chi connectivity index (χ2n) is 7.62. The van der Waals surface area contributed by atoms with Gasteiger partial charge in [-0.1, -0.05) is 42.5 Å². The molecule has 0 aliphatic carbocycles. The highest BCUT2D eigenvalue weighted by molar-refractivity contribution is 7.79. The molecule has 1 atom stereocenters. The quantitative estimate of drug-likeness (QED) is 0.327. The zero-order valence-corrected chi connectivity index (χ0v) is 17.6. The zero-order chi connectivity index (χ0) is 20.8. The lowest BCUT2D eigenvalue weighted by Crippen LogP contribution is -2.30. The van der Waals surface area contributed by atoms with E-state index in [4.69, 9.17) is 23.8 Å². The molecule has 0 radical (unpaired) electrons. The first-order chi connectivity index (χ1) is 14.6. The van der Waals surface area contributed by atoms with E-state index >= 15 is 0 Å². The topological polar surface area (TPSA) is 56.3 Å². The lowest BCUT2D eigenvalue weighted by atomic mass is 9.95. The first-order valence-electron chi connectivity index (χ1n) is 9.78. The fraction of sp³-hybridized carbons (Fsp3) is 0.167. The number of alkyl halides is 1. The van der Waals surface area contributed by atoms with Gasteiger partial charge in [-0.3, -0.25) is 4.79 Å². The van der Waals surface area contributed by atoms with Crippen LogP contribution in [0.3, 0.4) is 0 Å². The van der Waals surface area contributed by atoms with E-state index in [1.807, 2.05) is 48.5 Å². The van der Waals surface area contributed by atoms with Gasteiger partial charge in [0, 0.05) is 47.1 Å². The second-order valence-corrected chi connectivity index (χ2v) is 8.26. The van der Waals surface area contributed by atoms with Crippen LogP contribution >= 0.6 is 23.8 Å². The zero-order valence-electron chi connectivity index (χ0n) is 16.1. The Balaban J connectivity index is 1.60. The number of phenolic OH excluding ortho intramolecular Hbond substituents is 1. The Hall–Kier alpha value is -2.89. The molecule has 5 rings (SSSR count). The SMILES string of the molecule is O=C(c1cc2cc(CC=S)ccc2[nH]1)N1C[C@@H](CCl)c2c1cc(O)c1ccccc21. The Morgan fingerprint density at radius 2 is 2.00 bits per heavy atom. The van der Waals surface area contributed by atoms with E-state index in [0.29, 0.717) is 24.5 Å². The second kappa shape index (κ2) is 7.42. The van der Waals surface area contributed by atoms with Gasteiger partial charge >= 0.3 is 0 Å². The molecule has 1 aliphatic heterocycles. The third-order valence-corrected chi connectivity index (χ3v) is 6.35. The molecular formula is C24H19ClN2O2S. The maximum atomic E-state index is 13.4. The van der Waals surface area contributed by atoms with Crippen molar-refractivity contribution in [3.63, 3.8) is 0 Å². The van der Waals surface area contributed by atoms with Crippen molar-refractivity contribution in [3.8, 4) is 5.75 Å². The number of amides is 1. The van der Waals surface area contributed by atoms with E-state index in [1.165, 1.54) is 0 Å².